The van der Waals surface area contributed by atoms with Gasteiger partial charge in [0.25, 0.3) is 0 Å². The number of aryl methyl sites for hydroxylation is 2. The number of alkyl halides is 3. The van der Waals surface area contributed by atoms with E-state index in [4.69, 9.17) is 9.78 Å². The lowest BCUT2D eigenvalue weighted by atomic mass is 10.1. The summed E-state index contributed by atoms with van der Waals surface area (Å²) in [4.78, 5) is 0. The molecule has 1 rings (SSSR count). The van der Waals surface area contributed by atoms with Crippen LogP contribution in [0.15, 0.2) is 4.52 Å². The second-order valence-corrected chi connectivity index (χ2v) is 3.66. The van der Waals surface area contributed by atoms with Crippen molar-refractivity contribution in [2.45, 2.75) is 26.6 Å². The van der Waals surface area contributed by atoms with Gasteiger partial charge in [-0.3, -0.25) is 0 Å². The zero-order valence-electron chi connectivity index (χ0n) is 9.43. The Bertz CT molecular complexity index is 400. The third-order valence-corrected chi connectivity index (χ3v) is 2.38. The molecule has 1 aromatic heterocycles. The highest BCUT2D eigenvalue weighted by molar-refractivity contribution is 5.20. The summed E-state index contributed by atoms with van der Waals surface area (Å²) in [6.07, 6.45) is -4.50. The van der Waals surface area contributed by atoms with Crippen molar-refractivity contribution >= 4 is 0 Å². The molecule has 0 fully saturated rings. The topological polar surface area (TPSA) is 61.9 Å². The number of aromatic nitrogens is 1. The maximum Gasteiger partial charge on any atom is 0.405 e. The van der Waals surface area contributed by atoms with Crippen LogP contribution in [0.1, 0.15) is 17.0 Å². The molecule has 1 aromatic rings. The van der Waals surface area contributed by atoms with Gasteiger partial charge >= 0.3 is 6.18 Å². The molecule has 1 heterocycles. The van der Waals surface area contributed by atoms with E-state index in [9.17, 15) is 13.2 Å². The van der Waals surface area contributed by atoms with Crippen LogP contribution < -0.4 is 5.32 Å². The monoisotopic (exact) mass is 247 g/mol. The number of nitrogens with zero attached hydrogens (tertiary/aromatic N) is 2. The van der Waals surface area contributed by atoms with Crippen LogP contribution in [0.5, 0.6) is 0 Å². The van der Waals surface area contributed by atoms with Gasteiger partial charge in [0.1, 0.15) is 5.76 Å². The van der Waals surface area contributed by atoms with Gasteiger partial charge in [0.15, 0.2) is 5.92 Å². The Hall–Kier alpha value is -1.55. The van der Waals surface area contributed by atoms with Crippen LogP contribution in [0.3, 0.4) is 0 Å². The van der Waals surface area contributed by atoms with Crippen molar-refractivity contribution in [2.24, 2.45) is 5.92 Å². The molecule has 1 unspecified atom stereocenters. The second-order valence-electron chi connectivity index (χ2n) is 3.66. The molecular weight excluding hydrogens is 235 g/mol. The molecule has 0 amide bonds. The summed E-state index contributed by atoms with van der Waals surface area (Å²) in [5.74, 6) is -1.43. The Kier molecular flexibility index (Phi) is 4.12. The standard InChI is InChI=1S/C10H12F3N3O/c1-6-9(7(2)17-16-6)5-15-4-8(3-14)10(11,12)13/h8,15H,4-5H2,1-2H3. The Morgan fingerprint density at radius 1 is 1.47 bits per heavy atom. The molecule has 1 N–H and O–H groups in total. The van der Waals surface area contributed by atoms with Gasteiger partial charge in [0.05, 0.1) is 11.8 Å². The van der Waals surface area contributed by atoms with Crippen molar-refractivity contribution in [3.8, 4) is 6.07 Å². The first-order valence-electron chi connectivity index (χ1n) is 4.95. The zero-order chi connectivity index (χ0) is 13.1. The molecule has 0 aliphatic carbocycles. The van der Waals surface area contributed by atoms with Crippen LogP contribution in [-0.2, 0) is 6.54 Å². The highest BCUT2D eigenvalue weighted by Crippen LogP contribution is 2.25. The van der Waals surface area contributed by atoms with E-state index in [1.54, 1.807) is 13.8 Å². The lowest BCUT2D eigenvalue weighted by molar-refractivity contribution is -0.157. The van der Waals surface area contributed by atoms with Crippen molar-refractivity contribution in [1.82, 2.24) is 10.5 Å². The summed E-state index contributed by atoms with van der Waals surface area (Å²) >= 11 is 0. The van der Waals surface area contributed by atoms with Crippen LogP contribution in [0, 0.1) is 31.1 Å². The van der Waals surface area contributed by atoms with Crippen LogP contribution in [0.2, 0.25) is 0 Å². The summed E-state index contributed by atoms with van der Waals surface area (Å²) in [7, 11) is 0. The molecule has 0 aliphatic heterocycles. The Balaban J connectivity index is 2.51. The molecule has 94 valence electrons. The fraction of sp³-hybridized carbons (Fsp3) is 0.600. The number of halogens is 3. The lowest BCUT2D eigenvalue weighted by Crippen LogP contribution is -2.32. The molecule has 7 heteroatoms. The predicted molar refractivity (Wildman–Crippen MR) is 52.8 cm³/mol. The molecule has 17 heavy (non-hydrogen) atoms. The van der Waals surface area contributed by atoms with Crippen LogP contribution in [-0.4, -0.2) is 17.9 Å². The van der Waals surface area contributed by atoms with Gasteiger partial charge in [-0.05, 0) is 13.8 Å². The minimum Gasteiger partial charge on any atom is -0.361 e. The molecule has 0 aliphatic rings. The Labute approximate surface area is 96.4 Å². The van der Waals surface area contributed by atoms with Crippen LogP contribution >= 0.6 is 0 Å². The van der Waals surface area contributed by atoms with Crippen LogP contribution in [0.25, 0.3) is 0 Å². The maximum atomic E-state index is 12.3. The van der Waals surface area contributed by atoms with Crippen LogP contribution in [0.4, 0.5) is 13.2 Å². The fourth-order valence-corrected chi connectivity index (χ4v) is 1.33. The highest BCUT2D eigenvalue weighted by atomic mass is 19.4. The van der Waals surface area contributed by atoms with Crippen molar-refractivity contribution < 1.29 is 17.7 Å². The second kappa shape index (κ2) is 5.19. The third-order valence-electron chi connectivity index (χ3n) is 2.38. The quantitative estimate of drug-likeness (QED) is 0.884. The maximum absolute atomic E-state index is 12.3. The predicted octanol–water partition coefficient (Wildman–Crippen LogP) is 2.08. The van der Waals surface area contributed by atoms with E-state index in [0.29, 0.717) is 11.5 Å². The Morgan fingerprint density at radius 2 is 2.12 bits per heavy atom. The van der Waals surface area contributed by atoms with Gasteiger partial charge in [-0.1, -0.05) is 5.16 Å². The van der Waals surface area contributed by atoms with Crippen molar-refractivity contribution in [2.75, 3.05) is 6.54 Å². The van der Waals surface area contributed by atoms with E-state index in [0.717, 1.165) is 5.56 Å². The summed E-state index contributed by atoms with van der Waals surface area (Å²) in [6.45, 7) is 3.15. The first-order chi connectivity index (χ1) is 7.86. The molecule has 4 nitrogen and oxygen atoms in total. The molecule has 1 atom stereocenters. The average molecular weight is 247 g/mol. The van der Waals surface area contributed by atoms with E-state index in [2.05, 4.69) is 10.5 Å². The smallest absolute Gasteiger partial charge is 0.361 e. The highest BCUT2D eigenvalue weighted by Gasteiger charge is 2.39. The molecule has 0 saturated heterocycles. The number of hydrogen-bond donors (Lipinski definition) is 1. The first kappa shape index (κ1) is 13.5. The Morgan fingerprint density at radius 3 is 2.53 bits per heavy atom. The first-order valence-corrected chi connectivity index (χ1v) is 4.95. The molecule has 0 aromatic carbocycles. The number of hydrogen-bond acceptors (Lipinski definition) is 4. The minimum absolute atomic E-state index is 0.204. The SMILES string of the molecule is Cc1noc(C)c1CNCC(C#N)C(F)(F)F. The van der Waals surface area contributed by atoms with E-state index >= 15 is 0 Å². The number of nitriles is 1. The van der Waals surface area contributed by atoms with Gasteiger partial charge in [-0.25, -0.2) is 0 Å². The molecule has 0 bridgehead atoms. The molecule has 0 radical (unpaired) electrons. The fourth-order valence-electron chi connectivity index (χ4n) is 1.33. The molecular formula is C10H12F3N3O. The van der Waals surface area contributed by atoms with Gasteiger partial charge in [-0.15, -0.1) is 0 Å². The summed E-state index contributed by atoms with van der Waals surface area (Å²) in [6, 6.07) is 1.22. The third kappa shape index (κ3) is 3.46. The van der Waals surface area contributed by atoms with E-state index < -0.39 is 18.6 Å². The zero-order valence-corrected chi connectivity index (χ0v) is 9.43. The summed E-state index contributed by atoms with van der Waals surface area (Å²) < 4.78 is 41.6. The van der Waals surface area contributed by atoms with Gasteiger partial charge in [0.2, 0.25) is 0 Å². The van der Waals surface area contributed by atoms with Crippen molar-refractivity contribution in [3.63, 3.8) is 0 Å². The number of rotatable bonds is 4. The summed E-state index contributed by atoms with van der Waals surface area (Å²) in [5, 5.41) is 14.7. The van der Waals surface area contributed by atoms with Crippen molar-refractivity contribution in [1.29, 1.82) is 5.26 Å². The van der Waals surface area contributed by atoms with E-state index in [-0.39, 0.29) is 6.54 Å². The normalized spacial score (nSPS) is 13.4. The molecule has 0 saturated carbocycles. The largest absolute Gasteiger partial charge is 0.405 e. The van der Waals surface area contributed by atoms with Crippen molar-refractivity contribution in [3.05, 3.63) is 17.0 Å². The van der Waals surface area contributed by atoms with Gasteiger partial charge in [-0.2, -0.15) is 18.4 Å². The molecule has 0 spiro atoms. The van der Waals surface area contributed by atoms with E-state index in [1.165, 1.54) is 6.07 Å². The number of nitrogens with one attached hydrogen (secondary N) is 1. The lowest BCUT2D eigenvalue weighted by Gasteiger charge is -2.13. The van der Waals surface area contributed by atoms with Gasteiger partial charge in [0, 0.05) is 18.7 Å². The van der Waals surface area contributed by atoms with E-state index in [1.807, 2.05) is 0 Å². The van der Waals surface area contributed by atoms with Gasteiger partial charge < -0.3 is 9.84 Å². The summed E-state index contributed by atoms with van der Waals surface area (Å²) in [5.41, 5.74) is 1.36. The average Bonchev–Trinajstić information content (AvgIpc) is 2.53. The minimum atomic E-state index is -4.50.